The maximum atomic E-state index is 11.9. The highest BCUT2D eigenvalue weighted by molar-refractivity contribution is 6.30. The summed E-state index contributed by atoms with van der Waals surface area (Å²) in [7, 11) is 0. The molecular formula is C13H18ClNO3. The first-order valence-corrected chi connectivity index (χ1v) is 5.97. The number of hydroxylamine groups is 1. The first kappa shape index (κ1) is 15.0. The van der Waals surface area contributed by atoms with Gasteiger partial charge in [-0.05, 0) is 45.4 Å². The van der Waals surface area contributed by atoms with Crippen molar-refractivity contribution < 1.29 is 14.7 Å². The Bertz CT molecular complexity index is 421. The molecule has 0 aromatic heterocycles. The summed E-state index contributed by atoms with van der Waals surface area (Å²) in [6.45, 7) is 6.79. The van der Waals surface area contributed by atoms with Crippen LogP contribution in [0.3, 0.4) is 0 Å². The Balaban J connectivity index is 2.79. The van der Waals surface area contributed by atoms with E-state index in [1.807, 2.05) is 0 Å². The van der Waals surface area contributed by atoms with Crippen molar-refractivity contribution in [3.8, 4) is 0 Å². The van der Waals surface area contributed by atoms with E-state index in [-0.39, 0.29) is 0 Å². The quantitative estimate of drug-likeness (QED) is 0.830. The Hall–Kier alpha value is -1.10. The minimum absolute atomic E-state index is 0.446. The van der Waals surface area contributed by atoms with E-state index in [4.69, 9.17) is 16.4 Å². The molecule has 0 spiro atoms. The molecule has 0 heterocycles. The molecule has 0 aliphatic heterocycles. The van der Waals surface area contributed by atoms with Crippen LogP contribution >= 0.6 is 11.6 Å². The number of nitrogens with one attached hydrogen (secondary N) is 1. The number of aliphatic hydroxyl groups is 1. The molecule has 0 saturated carbocycles. The normalized spacial score (nSPS) is 15.0. The number of amides is 1. The van der Waals surface area contributed by atoms with E-state index in [2.05, 4.69) is 5.48 Å². The van der Waals surface area contributed by atoms with E-state index >= 15 is 0 Å². The van der Waals surface area contributed by atoms with Crippen LogP contribution in [0.25, 0.3) is 0 Å². The average molecular weight is 272 g/mol. The zero-order valence-corrected chi connectivity index (χ0v) is 11.7. The highest BCUT2D eigenvalue weighted by Gasteiger charge is 2.33. The molecule has 4 nitrogen and oxygen atoms in total. The van der Waals surface area contributed by atoms with Crippen LogP contribution in [0.1, 0.15) is 33.3 Å². The zero-order valence-electron chi connectivity index (χ0n) is 11.0. The molecule has 100 valence electrons. The molecule has 0 aliphatic rings. The van der Waals surface area contributed by atoms with Crippen molar-refractivity contribution in [3.63, 3.8) is 0 Å². The van der Waals surface area contributed by atoms with Crippen molar-refractivity contribution in [2.75, 3.05) is 0 Å². The fourth-order valence-corrected chi connectivity index (χ4v) is 1.33. The van der Waals surface area contributed by atoms with Gasteiger partial charge in [0.05, 0.1) is 5.60 Å². The molecule has 1 aromatic carbocycles. The summed E-state index contributed by atoms with van der Waals surface area (Å²) in [4.78, 5) is 17.0. The first-order valence-electron chi connectivity index (χ1n) is 5.60. The van der Waals surface area contributed by atoms with Gasteiger partial charge in [0.2, 0.25) is 0 Å². The van der Waals surface area contributed by atoms with Gasteiger partial charge in [-0.1, -0.05) is 23.7 Å². The van der Waals surface area contributed by atoms with E-state index in [0.29, 0.717) is 10.6 Å². The van der Waals surface area contributed by atoms with E-state index < -0.39 is 17.1 Å². The van der Waals surface area contributed by atoms with Crippen LogP contribution in [0, 0.1) is 0 Å². The van der Waals surface area contributed by atoms with Crippen molar-refractivity contribution in [2.45, 2.75) is 38.9 Å². The first-order chi connectivity index (χ1) is 8.13. The van der Waals surface area contributed by atoms with Gasteiger partial charge in [0.25, 0.3) is 5.91 Å². The minimum Gasteiger partial charge on any atom is -0.375 e. The Morgan fingerprint density at radius 2 is 1.72 bits per heavy atom. The number of benzene rings is 1. The molecule has 1 aromatic rings. The van der Waals surface area contributed by atoms with Gasteiger partial charge in [-0.25, -0.2) is 5.48 Å². The lowest BCUT2D eigenvalue weighted by atomic mass is 9.95. The Morgan fingerprint density at radius 3 is 2.17 bits per heavy atom. The molecule has 1 unspecified atom stereocenters. The van der Waals surface area contributed by atoms with Crippen LogP contribution in [0.5, 0.6) is 0 Å². The second-order valence-corrected chi connectivity index (χ2v) is 5.66. The molecule has 5 heteroatoms. The molecule has 1 rings (SSSR count). The van der Waals surface area contributed by atoms with Gasteiger partial charge in [-0.3, -0.25) is 9.63 Å². The number of carbonyl (C=O) groups is 1. The molecule has 0 radical (unpaired) electrons. The van der Waals surface area contributed by atoms with Gasteiger partial charge >= 0.3 is 0 Å². The van der Waals surface area contributed by atoms with Crippen LogP contribution < -0.4 is 5.48 Å². The number of carbonyl (C=O) groups excluding carboxylic acids is 1. The monoisotopic (exact) mass is 271 g/mol. The standard InChI is InChI=1S/C13H18ClNO3/c1-12(2,3)18-15-11(16)13(4,17)9-5-7-10(14)8-6-9/h5-8,17H,1-4H3,(H,15,16). The average Bonchev–Trinajstić information content (AvgIpc) is 2.25. The molecule has 18 heavy (non-hydrogen) atoms. The Morgan fingerprint density at radius 1 is 1.22 bits per heavy atom. The van der Waals surface area contributed by atoms with Crippen LogP contribution in [0.2, 0.25) is 5.02 Å². The summed E-state index contributed by atoms with van der Waals surface area (Å²) < 4.78 is 0. The number of hydrogen-bond donors (Lipinski definition) is 2. The third-order valence-electron chi connectivity index (χ3n) is 2.30. The minimum atomic E-state index is -1.67. The van der Waals surface area contributed by atoms with Crippen molar-refractivity contribution in [2.24, 2.45) is 0 Å². The van der Waals surface area contributed by atoms with Crippen LogP contribution in [-0.2, 0) is 15.2 Å². The lowest BCUT2D eigenvalue weighted by Crippen LogP contribution is -2.45. The second kappa shape index (κ2) is 5.26. The van der Waals surface area contributed by atoms with Crippen LogP contribution in [-0.4, -0.2) is 16.6 Å². The molecule has 0 saturated heterocycles. The summed E-state index contributed by atoms with van der Waals surface area (Å²) in [5, 5.41) is 10.7. The number of halogens is 1. The highest BCUT2D eigenvalue weighted by atomic mass is 35.5. The van der Waals surface area contributed by atoms with Gasteiger partial charge in [0.1, 0.15) is 0 Å². The topological polar surface area (TPSA) is 58.6 Å². The van der Waals surface area contributed by atoms with E-state index in [9.17, 15) is 9.90 Å². The summed E-state index contributed by atoms with van der Waals surface area (Å²) in [5.74, 6) is -0.625. The predicted molar refractivity (Wildman–Crippen MR) is 70.0 cm³/mol. The molecule has 1 atom stereocenters. The summed E-state index contributed by atoms with van der Waals surface area (Å²) >= 11 is 5.76. The lowest BCUT2D eigenvalue weighted by Gasteiger charge is -2.26. The summed E-state index contributed by atoms with van der Waals surface area (Å²) in [5.41, 5.74) is 0.507. The predicted octanol–water partition coefficient (Wildman–Crippen LogP) is 2.39. The lowest BCUT2D eigenvalue weighted by molar-refractivity contribution is -0.163. The SMILES string of the molecule is CC(C)(C)ONC(=O)C(C)(O)c1ccc(Cl)cc1. The largest absolute Gasteiger partial charge is 0.375 e. The second-order valence-electron chi connectivity index (χ2n) is 5.22. The highest BCUT2D eigenvalue weighted by Crippen LogP contribution is 2.23. The Labute approximate surface area is 112 Å². The third kappa shape index (κ3) is 3.98. The molecule has 0 fully saturated rings. The summed E-state index contributed by atoms with van der Waals surface area (Å²) in [6, 6.07) is 6.42. The van der Waals surface area contributed by atoms with Gasteiger partial charge < -0.3 is 5.11 Å². The molecule has 0 bridgehead atoms. The Kier molecular flexibility index (Phi) is 4.37. The maximum absolute atomic E-state index is 11.9. The van der Waals surface area contributed by atoms with E-state index in [0.717, 1.165) is 0 Å². The maximum Gasteiger partial charge on any atom is 0.279 e. The van der Waals surface area contributed by atoms with Gasteiger partial charge in [0, 0.05) is 5.02 Å². The van der Waals surface area contributed by atoms with Gasteiger partial charge in [-0.15, -0.1) is 0 Å². The molecule has 0 aliphatic carbocycles. The molecule has 1 amide bonds. The van der Waals surface area contributed by atoms with E-state index in [1.165, 1.54) is 6.92 Å². The van der Waals surface area contributed by atoms with Crippen LogP contribution in [0.15, 0.2) is 24.3 Å². The van der Waals surface area contributed by atoms with Crippen molar-refractivity contribution in [1.29, 1.82) is 0 Å². The fourth-order valence-electron chi connectivity index (χ4n) is 1.20. The van der Waals surface area contributed by atoms with Gasteiger partial charge in [0.15, 0.2) is 5.60 Å². The molecular weight excluding hydrogens is 254 g/mol. The van der Waals surface area contributed by atoms with E-state index in [1.54, 1.807) is 45.0 Å². The van der Waals surface area contributed by atoms with Crippen molar-refractivity contribution >= 4 is 17.5 Å². The number of hydrogen-bond acceptors (Lipinski definition) is 3. The van der Waals surface area contributed by atoms with Crippen LogP contribution in [0.4, 0.5) is 0 Å². The van der Waals surface area contributed by atoms with Gasteiger partial charge in [-0.2, -0.15) is 0 Å². The number of rotatable bonds is 3. The smallest absolute Gasteiger partial charge is 0.279 e. The summed E-state index contributed by atoms with van der Waals surface area (Å²) in [6.07, 6.45) is 0. The third-order valence-corrected chi connectivity index (χ3v) is 2.55. The zero-order chi connectivity index (χ0) is 14.0. The molecule has 2 N–H and O–H groups in total. The fraction of sp³-hybridized carbons (Fsp3) is 0.462. The van der Waals surface area contributed by atoms with Crippen molar-refractivity contribution in [1.82, 2.24) is 5.48 Å². The van der Waals surface area contributed by atoms with Crippen molar-refractivity contribution in [3.05, 3.63) is 34.9 Å².